The van der Waals surface area contributed by atoms with E-state index in [1.165, 1.54) is 12.1 Å². The van der Waals surface area contributed by atoms with E-state index in [9.17, 15) is 14.0 Å². The molecule has 1 aromatic heterocycles. The molecule has 1 aliphatic rings. The van der Waals surface area contributed by atoms with Crippen molar-refractivity contribution in [2.24, 2.45) is 5.92 Å². The van der Waals surface area contributed by atoms with Crippen LogP contribution >= 0.6 is 0 Å². The van der Waals surface area contributed by atoms with Crippen molar-refractivity contribution in [2.45, 2.75) is 19.3 Å². The van der Waals surface area contributed by atoms with Crippen LogP contribution < -0.4 is 0 Å². The number of carbonyl (C=O) groups excluding carboxylic acids is 1. The summed E-state index contributed by atoms with van der Waals surface area (Å²) in [5, 5.41) is 9.48. The van der Waals surface area contributed by atoms with Crippen LogP contribution in [-0.4, -0.2) is 40.0 Å². The van der Waals surface area contributed by atoms with E-state index in [0.29, 0.717) is 37.0 Å². The first-order valence-electron chi connectivity index (χ1n) is 7.32. The molecule has 1 amide bonds. The smallest absolute Gasteiger partial charge is 0.303 e. The van der Waals surface area contributed by atoms with E-state index in [-0.39, 0.29) is 24.1 Å². The molecule has 1 aliphatic heterocycles. The Morgan fingerprint density at radius 1 is 1.27 bits per heavy atom. The summed E-state index contributed by atoms with van der Waals surface area (Å²) in [7, 11) is 0. The van der Waals surface area contributed by atoms with E-state index in [2.05, 4.69) is 4.98 Å². The molecular weight excluding hydrogens is 287 g/mol. The fourth-order valence-corrected chi connectivity index (χ4v) is 2.98. The van der Waals surface area contributed by atoms with Crippen molar-refractivity contribution >= 4 is 22.8 Å². The van der Waals surface area contributed by atoms with Crippen LogP contribution in [0, 0.1) is 11.7 Å². The van der Waals surface area contributed by atoms with Gasteiger partial charge < -0.3 is 15.0 Å². The molecule has 2 N–H and O–H groups in total. The van der Waals surface area contributed by atoms with Gasteiger partial charge in [0.2, 0.25) is 0 Å². The highest BCUT2D eigenvalue weighted by Crippen LogP contribution is 2.23. The summed E-state index contributed by atoms with van der Waals surface area (Å²) < 4.78 is 13.2. The van der Waals surface area contributed by atoms with Gasteiger partial charge in [-0.1, -0.05) is 0 Å². The van der Waals surface area contributed by atoms with Crippen LogP contribution in [0.3, 0.4) is 0 Å². The number of carboxylic acids is 1. The maximum absolute atomic E-state index is 13.2. The van der Waals surface area contributed by atoms with Crippen molar-refractivity contribution < 1.29 is 19.1 Å². The van der Waals surface area contributed by atoms with Crippen LogP contribution in [0.2, 0.25) is 0 Å². The molecule has 116 valence electrons. The minimum atomic E-state index is -0.789. The summed E-state index contributed by atoms with van der Waals surface area (Å²) in [5.74, 6) is -1.11. The SMILES string of the molecule is O=C(O)CC1CCN(C(=O)c2cc3cc(F)ccc3[nH]2)CC1. The van der Waals surface area contributed by atoms with Crippen LogP contribution in [-0.2, 0) is 4.79 Å². The first-order valence-corrected chi connectivity index (χ1v) is 7.32. The lowest BCUT2D eigenvalue weighted by molar-refractivity contribution is -0.138. The molecular formula is C16H17FN2O3. The van der Waals surface area contributed by atoms with E-state index in [1.54, 1.807) is 17.0 Å². The number of carboxylic acid groups (broad SMARTS) is 1. The van der Waals surface area contributed by atoms with Gasteiger partial charge in [0.1, 0.15) is 11.5 Å². The van der Waals surface area contributed by atoms with Crippen molar-refractivity contribution in [1.29, 1.82) is 0 Å². The Morgan fingerprint density at radius 3 is 2.68 bits per heavy atom. The highest BCUT2D eigenvalue weighted by atomic mass is 19.1. The van der Waals surface area contributed by atoms with Crippen LogP contribution in [0.4, 0.5) is 4.39 Å². The highest BCUT2D eigenvalue weighted by molar-refractivity contribution is 5.98. The summed E-state index contributed by atoms with van der Waals surface area (Å²) >= 11 is 0. The molecule has 3 rings (SSSR count). The van der Waals surface area contributed by atoms with E-state index >= 15 is 0 Å². The normalized spacial score (nSPS) is 16.1. The van der Waals surface area contributed by atoms with E-state index in [4.69, 9.17) is 5.11 Å². The van der Waals surface area contributed by atoms with Gasteiger partial charge in [-0.15, -0.1) is 0 Å². The number of carbonyl (C=O) groups is 2. The predicted octanol–water partition coefficient (Wildman–Crippen LogP) is 2.63. The molecule has 0 aliphatic carbocycles. The zero-order valence-electron chi connectivity index (χ0n) is 12.0. The Morgan fingerprint density at radius 2 is 2.00 bits per heavy atom. The number of H-pyrrole nitrogens is 1. The number of aliphatic carboxylic acids is 1. The number of aromatic amines is 1. The van der Waals surface area contributed by atoms with Crippen molar-refractivity contribution in [1.82, 2.24) is 9.88 Å². The second kappa shape index (κ2) is 5.79. The molecule has 22 heavy (non-hydrogen) atoms. The van der Waals surface area contributed by atoms with Gasteiger partial charge >= 0.3 is 5.97 Å². The number of benzene rings is 1. The zero-order valence-corrected chi connectivity index (χ0v) is 12.0. The number of fused-ring (bicyclic) bond motifs is 1. The third-order valence-corrected chi connectivity index (χ3v) is 4.18. The maximum Gasteiger partial charge on any atom is 0.303 e. The quantitative estimate of drug-likeness (QED) is 0.915. The topological polar surface area (TPSA) is 73.4 Å². The van der Waals surface area contributed by atoms with Gasteiger partial charge in [0.15, 0.2) is 0 Å². The van der Waals surface area contributed by atoms with E-state index in [0.717, 1.165) is 5.52 Å². The first kappa shape index (κ1) is 14.6. The Bertz CT molecular complexity index is 717. The monoisotopic (exact) mass is 304 g/mol. The molecule has 2 aromatic rings. The number of rotatable bonds is 3. The number of aromatic nitrogens is 1. The number of amides is 1. The van der Waals surface area contributed by atoms with Gasteiger partial charge in [0.05, 0.1) is 0 Å². The molecule has 0 radical (unpaired) electrons. The summed E-state index contributed by atoms with van der Waals surface area (Å²) in [4.78, 5) is 27.9. The lowest BCUT2D eigenvalue weighted by atomic mass is 9.93. The molecule has 0 unspecified atom stereocenters. The third-order valence-electron chi connectivity index (χ3n) is 4.18. The predicted molar refractivity (Wildman–Crippen MR) is 79.1 cm³/mol. The molecule has 6 heteroatoms. The number of piperidine rings is 1. The standard InChI is InChI=1S/C16H17FN2O3/c17-12-1-2-13-11(8-12)9-14(18-13)16(22)19-5-3-10(4-6-19)7-15(20)21/h1-2,8-10,18H,3-7H2,(H,20,21). The van der Waals surface area contributed by atoms with Gasteiger partial charge in [0.25, 0.3) is 5.91 Å². The number of likely N-dealkylation sites (tertiary alicyclic amines) is 1. The third kappa shape index (κ3) is 2.95. The molecule has 0 saturated carbocycles. The number of nitrogens with zero attached hydrogens (tertiary/aromatic N) is 1. The summed E-state index contributed by atoms with van der Waals surface area (Å²) in [6.45, 7) is 1.11. The van der Waals surface area contributed by atoms with Gasteiger partial charge in [-0.25, -0.2) is 4.39 Å². The molecule has 1 fully saturated rings. The molecule has 2 heterocycles. The fourth-order valence-electron chi connectivity index (χ4n) is 2.98. The zero-order chi connectivity index (χ0) is 15.7. The van der Waals surface area contributed by atoms with Crippen LogP contribution in [0.1, 0.15) is 29.8 Å². The van der Waals surface area contributed by atoms with Crippen molar-refractivity contribution in [3.05, 3.63) is 35.8 Å². The Hall–Kier alpha value is -2.37. The van der Waals surface area contributed by atoms with Gasteiger partial charge in [-0.05, 0) is 43.0 Å². The lowest BCUT2D eigenvalue weighted by Gasteiger charge is -2.31. The van der Waals surface area contributed by atoms with Gasteiger partial charge in [-0.3, -0.25) is 9.59 Å². The fraction of sp³-hybridized carbons (Fsp3) is 0.375. The number of halogens is 1. The Labute approximate surface area is 126 Å². The summed E-state index contributed by atoms with van der Waals surface area (Å²) in [6.07, 6.45) is 1.56. The molecule has 1 aromatic carbocycles. The maximum atomic E-state index is 13.2. The molecule has 5 nitrogen and oxygen atoms in total. The second-order valence-electron chi connectivity index (χ2n) is 5.75. The average Bonchev–Trinajstić information content (AvgIpc) is 2.89. The number of hydrogen-bond acceptors (Lipinski definition) is 2. The highest BCUT2D eigenvalue weighted by Gasteiger charge is 2.25. The Balaban J connectivity index is 1.69. The number of hydrogen-bond donors (Lipinski definition) is 2. The summed E-state index contributed by atoms with van der Waals surface area (Å²) in [6, 6.07) is 6.01. The minimum absolute atomic E-state index is 0.120. The van der Waals surface area contributed by atoms with Crippen LogP contribution in [0.25, 0.3) is 10.9 Å². The Kier molecular flexibility index (Phi) is 3.83. The summed E-state index contributed by atoms with van der Waals surface area (Å²) in [5.41, 5.74) is 1.17. The number of nitrogens with one attached hydrogen (secondary N) is 1. The van der Waals surface area contributed by atoms with Crippen LogP contribution in [0.5, 0.6) is 0 Å². The average molecular weight is 304 g/mol. The molecule has 0 spiro atoms. The second-order valence-corrected chi connectivity index (χ2v) is 5.75. The first-order chi connectivity index (χ1) is 10.5. The lowest BCUT2D eigenvalue weighted by Crippen LogP contribution is -2.39. The van der Waals surface area contributed by atoms with E-state index < -0.39 is 5.97 Å². The largest absolute Gasteiger partial charge is 0.481 e. The van der Waals surface area contributed by atoms with Crippen molar-refractivity contribution in [3.8, 4) is 0 Å². The molecule has 0 bridgehead atoms. The van der Waals surface area contributed by atoms with Crippen LogP contribution in [0.15, 0.2) is 24.3 Å². The minimum Gasteiger partial charge on any atom is -0.481 e. The van der Waals surface area contributed by atoms with E-state index in [1.807, 2.05) is 0 Å². The van der Waals surface area contributed by atoms with Gasteiger partial charge in [0, 0.05) is 30.4 Å². The molecule has 0 atom stereocenters. The van der Waals surface area contributed by atoms with Gasteiger partial charge in [-0.2, -0.15) is 0 Å². The van der Waals surface area contributed by atoms with Crippen molar-refractivity contribution in [3.63, 3.8) is 0 Å². The molecule has 1 saturated heterocycles. The van der Waals surface area contributed by atoms with Crippen molar-refractivity contribution in [2.75, 3.05) is 13.1 Å².